The molecule has 0 saturated carbocycles. The third-order valence-corrected chi connectivity index (χ3v) is 6.18. The molecule has 0 aliphatic carbocycles. The average Bonchev–Trinajstić information content (AvgIpc) is 3.15. The summed E-state index contributed by atoms with van der Waals surface area (Å²) in [5.74, 6) is 1.09. The van der Waals surface area contributed by atoms with E-state index in [1.807, 2.05) is 73.7 Å². The van der Waals surface area contributed by atoms with Gasteiger partial charge in [0.15, 0.2) is 17.2 Å². The van der Waals surface area contributed by atoms with E-state index in [9.17, 15) is 4.79 Å². The van der Waals surface area contributed by atoms with Crippen LogP contribution in [0.5, 0.6) is 11.5 Å². The minimum Gasteiger partial charge on any atom is -0.490 e. The van der Waals surface area contributed by atoms with Crippen LogP contribution in [0.25, 0.3) is 6.08 Å². The second-order valence-corrected chi connectivity index (χ2v) is 8.86. The summed E-state index contributed by atoms with van der Waals surface area (Å²) >= 11 is 5.76. The summed E-state index contributed by atoms with van der Waals surface area (Å²) in [6.45, 7) is 2.80. The lowest BCUT2D eigenvalue weighted by Crippen LogP contribution is -2.05. The Hall–Kier alpha value is -2.65. The fourth-order valence-corrected chi connectivity index (χ4v) is 4.29. The van der Waals surface area contributed by atoms with Crippen molar-refractivity contribution in [3.05, 3.63) is 97.2 Å². The molecule has 1 aliphatic heterocycles. The lowest BCUT2D eigenvalue weighted by Gasteiger charge is -2.15. The summed E-state index contributed by atoms with van der Waals surface area (Å²) in [5.41, 5.74) is 2.80. The number of carbonyl (C=O) groups excluding carboxylic acids is 1. The zero-order valence-corrected chi connectivity index (χ0v) is 20.9. The minimum absolute atomic E-state index is 0.240. The van der Waals surface area contributed by atoms with E-state index < -0.39 is 5.97 Å². The SMILES string of the molecule is CCOc1cc(/C=C2\N=C(c3ccccc3)OC2=O)cc(I)c1OCc1ccccc1Br. The highest BCUT2D eigenvalue weighted by Gasteiger charge is 2.24. The lowest BCUT2D eigenvalue weighted by atomic mass is 10.1. The summed E-state index contributed by atoms with van der Waals surface area (Å²) < 4.78 is 19.1. The Balaban J connectivity index is 1.62. The molecular weight excluding hydrogens is 585 g/mol. The first-order chi connectivity index (χ1) is 15.5. The molecule has 3 aromatic rings. The van der Waals surface area contributed by atoms with Crippen LogP contribution >= 0.6 is 38.5 Å². The van der Waals surface area contributed by atoms with Gasteiger partial charge in [-0.15, -0.1) is 0 Å². The molecule has 162 valence electrons. The number of hydrogen-bond acceptors (Lipinski definition) is 5. The number of carbonyl (C=O) groups is 1. The van der Waals surface area contributed by atoms with Gasteiger partial charge < -0.3 is 14.2 Å². The maximum absolute atomic E-state index is 12.3. The second kappa shape index (κ2) is 10.3. The van der Waals surface area contributed by atoms with Crippen molar-refractivity contribution in [1.82, 2.24) is 0 Å². The number of benzene rings is 3. The molecule has 0 bridgehead atoms. The summed E-state index contributed by atoms with van der Waals surface area (Å²) in [5, 5.41) is 0. The molecule has 0 fully saturated rings. The molecule has 32 heavy (non-hydrogen) atoms. The van der Waals surface area contributed by atoms with Gasteiger partial charge in [-0.05, 0) is 71.5 Å². The standard InChI is InChI=1S/C25H19BrINO4/c1-2-30-22-14-16(12-20(27)23(22)31-15-18-10-6-7-11-19(18)26)13-21-25(29)32-24(28-21)17-8-4-3-5-9-17/h3-14H,2,15H2,1H3/b21-13-. The van der Waals surface area contributed by atoms with E-state index in [2.05, 4.69) is 43.5 Å². The summed E-state index contributed by atoms with van der Waals surface area (Å²) in [4.78, 5) is 16.7. The number of ether oxygens (including phenoxy) is 3. The monoisotopic (exact) mass is 603 g/mol. The zero-order chi connectivity index (χ0) is 22.5. The Morgan fingerprint density at radius 3 is 2.56 bits per heavy atom. The highest BCUT2D eigenvalue weighted by molar-refractivity contribution is 14.1. The average molecular weight is 604 g/mol. The Kier molecular flexibility index (Phi) is 7.26. The normalized spacial score (nSPS) is 14.3. The molecule has 1 aliphatic rings. The first kappa shape index (κ1) is 22.5. The fourth-order valence-electron chi connectivity index (χ4n) is 3.11. The van der Waals surface area contributed by atoms with Gasteiger partial charge >= 0.3 is 5.97 Å². The number of hydrogen-bond donors (Lipinski definition) is 0. The van der Waals surface area contributed by atoms with Crippen LogP contribution in [0.3, 0.4) is 0 Å². The van der Waals surface area contributed by atoms with Crippen molar-refractivity contribution < 1.29 is 19.0 Å². The molecule has 0 atom stereocenters. The Labute approximate surface area is 208 Å². The van der Waals surface area contributed by atoms with Crippen LogP contribution in [-0.2, 0) is 16.1 Å². The molecule has 3 aromatic carbocycles. The zero-order valence-electron chi connectivity index (χ0n) is 17.2. The molecule has 0 amide bonds. The van der Waals surface area contributed by atoms with Gasteiger partial charge in [0.05, 0.1) is 10.2 Å². The molecule has 0 unspecified atom stereocenters. The first-order valence-corrected chi connectivity index (χ1v) is 11.8. The second-order valence-electron chi connectivity index (χ2n) is 6.85. The number of nitrogens with zero attached hydrogens (tertiary/aromatic N) is 1. The van der Waals surface area contributed by atoms with Gasteiger partial charge in [-0.25, -0.2) is 9.79 Å². The van der Waals surface area contributed by atoms with Crippen LogP contribution < -0.4 is 9.47 Å². The van der Waals surface area contributed by atoms with Crippen LogP contribution in [0.2, 0.25) is 0 Å². The highest BCUT2D eigenvalue weighted by atomic mass is 127. The number of halogens is 2. The van der Waals surface area contributed by atoms with Gasteiger partial charge in [0.1, 0.15) is 6.61 Å². The highest BCUT2D eigenvalue weighted by Crippen LogP contribution is 2.36. The van der Waals surface area contributed by atoms with Crippen LogP contribution in [-0.4, -0.2) is 18.5 Å². The van der Waals surface area contributed by atoms with Gasteiger partial charge in [-0.1, -0.05) is 52.3 Å². The predicted molar refractivity (Wildman–Crippen MR) is 136 cm³/mol. The molecule has 4 rings (SSSR count). The quantitative estimate of drug-likeness (QED) is 0.179. The Morgan fingerprint density at radius 1 is 1.06 bits per heavy atom. The van der Waals surface area contributed by atoms with Crippen LogP contribution in [0.4, 0.5) is 0 Å². The Morgan fingerprint density at radius 2 is 1.81 bits per heavy atom. The van der Waals surface area contributed by atoms with Gasteiger partial charge in [-0.3, -0.25) is 0 Å². The molecule has 0 spiro atoms. The van der Waals surface area contributed by atoms with Crippen LogP contribution in [0.15, 0.2) is 81.9 Å². The maximum Gasteiger partial charge on any atom is 0.363 e. The fraction of sp³-hybridized carbons (Fsp3) is 0.120. The topological polar surface area (TPSA) is 57.1 Å². The third kappa shape index (κ3) is 5.21. The van der Waals surface area contributed by atoms with Crippen molar-refractivity contribution in [1.29, 1.82) is 0 Å². The first-order valence-electron chi connectivity index (χ1n) is 9.95. The molecule has 0 saturated heterocycles. The van der Waals surface area contributed by atoms with E-state index in [0.29, 0.717) is 30.6 Å². The van der Waals surface area contributed by atoms with Crippen molar-refractivity contribution in [3.8, 4) is 11.5 Å². The summed E-state index contributed by atoms with van der Waals surface area (Å²) in [6, 6.07) is 21.0. The van der Waals surface area contributed by atoms with E-state index in [-0.39, 0.29) is 5.70 Å². The Bertz CT molecular complexity index is 1210. The van der Waals surface area contributed by atoms with E-state index in [1.165, 1.54) is 0 Å². The molecule has 0 N–H and O–H groups in total. The largest absolute Gasteiger partial charge is 0.490 e. The third-order valence-electron chi connectivity index (χ3n) is 4.61. The molecular formula is C25H19BrINO4. The maximum atomic E-state index is 12.3. The number of esters is 1. The van der Waals surface area contributed by atoms with Crippen molar-refractivity contribution in [3.63, 3.8) is 0 Å². The van der Waals surface area contributed by atoms with E-state index in [4.69, 9.17) is 14.2 Å². The van der Waals surface area contributed by atoms with Crippen LogP contribution in [0, 0.1) is 3.57 Å². The summed E-state index contributed by atoms with van der Waals surface area (Å²) in [7, 11) is 0. The van der Waals surface area contributed by atoms with E-state index in [1.54, 1.807) is 6.08 Å². The van der Waals surface area contributed by atoms with E-state index in [0.717, 1.165) is 24.7 Å². The van der Waals surface area contributed by atoms with E-state index >= 15 is 0 Å². The van der Waals surface area contributed by atoms with Gasteiger partial charge in [0.25, 0.3) is 0 Å². The number of aliphatic imine (C=N–C) groups is 1. The van der Waals surface area contributed by atoms with Crippen LogP contribution in [0.1, 0.15) is 23.6 Å². The molecule has 7 heteroatoms. The molecule has 0 radical (unpaired) electrons. The minimum atomic E-state index is -0.480. The number of cyclic esters (lactones) is 1. The van der Waals surface area contributed by atoms with Gasteiger partial charge in [-0.2, -0.15) is 0 Å². The lowest BCUT2D eigenvalue weighted by molar-refractivity contribution is -0.129. The smallest absolute Gasteiger partial charge is 0.363 e. The summed E-state index contributed by atoms with van der Waals surface area (Å²) in [6.07, 6.45) is 1.69. The van der Waals surface area contributed by atoms with Crippen molar-refractivity contribution in [2.24, 2.45) is 4.99 Å². The van der Waals surface area contributed by atoms with Crippen molar-refractivity contribution >= 4 is 56.5 Å². The predicted octanol–water partition coefficient (Wildman–Crippen LogP) is 6.38. The number of rotatable bonds is 7. The molecule has 0 aromatic heterocycles. The van der Waals surface area contributed by atoms with Gasteiger partial charge in [0, 0.05) is 15.6 Å². The molecule has 1 heterocycles. The molecule has 5 nitrogen and oxygen atoms in total. The van der Waals surface area contributed by atoms with Crippen molar-refractivity contribution in [2.75, 3.05) is 6.61 Å². The van der Waals surface area contributed by atoms with Crippen molar-refractivity contribution in [2.45, 2.75) is 13.5 Å². The van der Waals surface area contributed by atoms with Gasteiger partial charge in [0.2, 0.25) is 5.90 Å².